The number of nitrogens with one attached hydrogen (secondary N) is 1. The fraction of sp³-hybridized carbons (Fsp3) is 0.467. The number of methoxy groups -OCH3 is 1. The highest BCUT2D eigenvalue weighted by atomic mass is 35.7. The Morgan fingerprint density at radius 2 is 1.29 bits per heavy atom. The lowest BCUT2D eigenvalue weighted by atomic mass is 9.61. The van der Waals surface area contributed by atoms with Gasteiger partial charge in [-0.25, -0.2) is 16.8 Å². The largest absolute Gasteiger partial charge is 0.508 e. The molecule has 6 atom stereocenters. The van der Waals surface area contributed by atoms with Crippen LogP contribution in [0.25, 0.3) is 0 Å². The van der Waals surface area contributed by atoms with E-state index in [2.05, 4.69) is 68.3 Å². The molecule has 2 aliphatic heterocycles. The molecule has 0 unspecified atom stereocenters. The van der Waals surface area contributed by atoms with Crippen molar-refractivity contribution in [3.63, 3.8) is 0 Å². The summed E-state index contributed by atoms with van der Waals surface area (Å²) in [6, 6.07) is 31.4. The van der Waals surface area contributed by atoms with Crippen LogP contribution in [0.3, 0.4) is 0 Å². The quantitative estimate of drug-likeness (QED) is 0.197. The lowest BCUT2D eigenvalue weighted by molar-refractivity contribution is 0.0353. The molecule has 0 aromatic heterocycles. The van der Waals surface area contributed by atoms with Crippen molar-refractivity contribution in [2.75, 3.05) is 48.4 Å². The summed E-state index contributed by atoms with van der Waals surface area (Å²) in [4.78, 5) is 4.80. The third-order valence-electron chi connectivity index (χ3n) is 13.2. The number of fused-ring (bicyclic) bond motifs is 8. The monoisotopic (exact) mass is 850 g/mol. The zero-order chi connectivity index (χ0) is 42.0. The van der Waals surface area contributed by atoms with Gasteiger partial charge in [0.2, 0.25) is 19.1 Å². The number of aromatic hydroxyl groups is 1. The van der Waals surface area contributed by atoms with Crippen LogP contribution in [0.5, 0.6) is 11.5 Å². The number of phenols is 1. The number of likely N-dealkylation sites (N-methyl/N-ethyl adjacent to an activating group) is 4. The molecule has 314 valence electrons. The lowest BCUT2D eigenvalue weighted by Gasteiger charge is -2.56. The molecule has 2 N–H and O–H groups in total. The van der Waals surface area contributed by atoms with Crippen molar-refractivity contribution in [1.82, 2.24) is 19.4 Å². The van der Waals surface area contributed by atoms with Crippen molar-refractivity contribution >= 4 is 29.8 Å². The molecule has 0 amide bonds. The number of sulfonamides is 1. The second-order valence-corrected chi connectivity index (χ2v) is 21.6. The van der Waals surface area contributed by atoms with E-state index in [0.717, 1.165) is 42.7 Å². The topological polar surface area (TPSA) is 119 Å². The minimum atomic E-state index is -3.49. The summed E-state index contributed by atoms with van der Waals surface area (Å²) in [5, 5.41) is 13.7. The van der Waals surface area contributed by atoms with Gasteiger partial charge in [0, 0.05) is 52.7 Å². The average Bonchev–Trinajstić information content (AvgIpc) is 3.18. The fourth-order valence-corrected chi connectivity index (χ4v) is 12.5. The maximum absolute atomic E-state index is 13.3. The molecule has 2 saturated heterocycles. The van der Waals surface area contributed by atoms with Gasteiger partial charge in [-0.15, -0.1) is 0 Å². The van der Waals surface area contributed by atoms with Gasteiger partial charge < -0.3 is 25.0 Å². The molecule has 0 saturated carbocycles. The van der Waals surface area contributed by atoms with E-state index in [-0.39, 0.29) is 40.2 Å². The molecule has 8 rings (SSSR count). The molecule has 2 heterocycles. The first-order valence-electron chi connectivity index (χ1n) is 19.9. The number of hydrogen-bond acceptors (Lipinski definition) is 9. The molecule has 0 radical (unpaired) electrons. The zero-order valence-electron chi connectivity index (χ0n) is 34.7. The van der Waals surface area contributed by atoms with Gasteiger partial charge in [0.15, 0.2) is 0 Å². The first kappa shape index (κ1) is 44.1. The van der Waals surface area contributed by atoms with E-state index in [1.165, 1.54) is 29.7 Å². The van der Waals surface area contributed by atoms with Crippen LogP contribution in [0.1, 0.15) is 60.1 Å². The van der Waals surface area contributed by atoms with Gasteiger partial charge in [-0.3, -0.25) is 0 Å². The summed E-state index contributed by atoms with van der Waals surface area (Å²) >= 11 is 0. The Bertz CT molecular complexity index is 2270. The van der Waals surface area contributed by atoms with Crippen molar-refractivity contribution in [3.8, 4) is 11.5 Å². The lowest BCUT2D eigenvalue weighted by Crippen LogP contribution is -2.67. The molecule has 4 aromatic rings. The van der Waals surface area contributed by atoms with Gasteiger partial charge >= 0.3 is 0 Å². The Morgan fingerprint density at radius 3 is 1.86 bits per heavy atom. The molecule has 2 aliphatic carbocycles. The van der Waals surface area contributed by atoms with Gasteiger partial charge in [0.05, 0.1) is 18.6 Å². The van der Waals surface area contributed by atoms with Crippen molar-refractivity contribution < 1.29 is 26.7 Å². The average molecular weight is 852 g/mol. The molecule has 2 fully saturated rings. The van der Waals surface area contributed by atoms with Crippen LogP contribution >= 0.6 is 10.7 Å². The second-order valence-electron chi connectivity index (χ2n) is 16.8. The standard InChI is InChI=1S/C22H28N2O3S.C16H24N2O.C7H7ClO2S/c1-22-11-12-23(2)20(13-17-9-10-18(25)14-19(17)22)21(22)24(3)28(26,27)15-16-7-5-4-6-8-16;1-16-7-8-18(3)14(15(16)17-2)9-11-5-6-12(19-4)10-13(11)16;8-11(9,10)6-7-4-2-1-3-5-7/h4-10,14,20-21,25H,11-13,15H2,1-3H3;5-6,10,14-15,17H,7-9H2,1-4H3;1-5H,6H2/t20-,21+,22+;14-,15+,16+;/m11./s1. The van der Waals surface area contributed by atoms with E-state index in [9.17, 15) is 21.9 Å². The first-order chi connectivity index (χ1) is 27.4. The number of ether oxygens (including phenoxy) is 1. The molecule has 4 aromatic carbocycles. The van der Waals surface area contributed by atoms with Gasteiger partial charge in [-0.2, -0.15) is 4.31 Å². The van der Waals surface area contributed by atoms with E-state index >= 15 is 0 Å². The van der Waals surface area contributed by atoms with E-state index in [1.54, 1.807) is 48.8 Å². The van der Waals surface area contributed by atoms with Crippen LogP contribution in [0.15, 0.2) is 97.1 Å². The van der Waals surface area contributed by atoms with Crippen LogP contribution in [0.2, 0.25) is 0 Å². The number of piperidine rings is 2. The normalized spacial score (nSPS) is 26.6. The smallest absolute Gasteiger partial charge is 0.236 e. The number of hydrogen-bond donors (Lipinski definition) is 2. The van der Waals surface area contributed by atoms with Crippen LogP contribution in [0, 0.1) is 0 Å². The summed E-state index contributed by atoms with van der Waals surface area (Å²) in [5.41, 5.74) is 6.66. The number of rotatable bonds is 8. The first-order valence-corrected chi connectivity index (χ1v) is 24.0. The number of likely N-dealkylation sites (tertiary alicyclic amines) is 2. The van der Waals surface area contributed by atoms with Crippen molar-refractivity contribution in [2.24, 2.45) is 0 Å². The van der Waals surface area contributed by atoms with Gasteiger partial charge in [-0.05, 0) is 118 Å². The minimum Gasteiger partial charge on any atom is -0.508 e. The Balaban J connectivity index is 0.000000163. The molecule has 0 spiro atoms. The number of nitrogens with zero attached hydrogens (tertiary/aromatic N) is 3. The summed E-state index contributed by atoms with van der Waals surface area (Å²) < 4.78 is 54.8. The maximum Gasteiger partial charge on any atom is 0.236 e. The van der Waals surface area contributed by atoms with Crippen molar-refractivity contribution in [2.45, 2.75) is 86.0 Å². The molecule has 10 nitrogen and oxygen atoms in total. The van der Waals surface area contributed by atoms with Gasteiger partial charge in [0.1, 0.15) is 11.5 Å². The number of benzene rings is 4. The number of halogens is 1. The highest BCUT2D eigenvalue weighted by Crippen LogP contribution is 2.48. The van der Waals surface area contributed by atoms with Gasteiger partial charge in [-0.1, -0.05) is 86.6 Å². The SMILES string of the molecule is CN1CC[C@@]2(C)c3cc(O)ccc3C[C@@H]1[C@@H]2N(C)S(=O)(=O)Cc1ccccc1.CN[C@H]1[C@H]2Cc3ccc(OC)cc3[C@]1(C)CCN2C.O=S(=O)(Cl)Cc1ccccc1. The molecule has 13 heteroatoms. The molecular weight excluding hydrogens is 792 g/mol. The third-order valence-corrected chi connectivity index (χ3v) is 16.0. The van der Waals surface area contributed by atoms with Crippen LogP contribution in [0.4, 0.5) is 0 Å². The van der Waals surface area contributed by atoms with E-state index in [4.69, 9.17) is 15.4 Å². The van der Waals surface area contributed by atoms with Crippen LogP contribution < -0.4 is 10.1 Å². The van der Waals surface area contributed by atoms with E-state index in [0.29, 0.717) is 17.6 Å². The maximum atomic E-state index is 13.3. The summed E-state index contributed by atoms with van der Waals surface area (Å²) in [6.07, 6.45) is 3.98. The van der Waals surface area contributed by atoms with Gasteiger partial charge in [0.25, 0.3) is 0 Å². The Labute approximate surface area is 350 Å². The predicted molar refractivity (Wildman–Crippen MR) is 234 cm³/mol. The molecule has 58 heavy (non-hydrogen) atoms. The highest BCUT2D eigenvalue weighted by molar-refractivity contribution is 8.13. The second kappa shape index (κ2) is 17.6. The van der Waals surface area contributed by atoms with Crippen LogP contribution in [-0.2, 0) is 54.3 Å². The Morgan fingerprint density at radius 1 is 0.776 bits per heavy atom. The summed E-state index contributed by atoms with van der Waals surface area (Å²) in [5.74, 6) is 1.12. The summed E-state index contributed by atoms with van der Waals surface area (Å²) in [6.45, 7) is 6.66. The minimum absolute atomic E-state index is 0.000249. The van der Waals surface area contributed by atoms with Crippen molar-refractivity contribution in [1.29, 1.82) is 0 Å². The Hall–Kier alpha value is -3.49. The van der Waals surface area contributed by atoms with Crippen molar-refractivity contribution in [3.05, 3.63) is 130 Å². The highest BCUT2D eigenvalue weighted by Gasteiger charge is 2.54. The van der Waals surface area contributed by atoms with E-state index in [1.807, 2.05) is 48.5 Å². The predicted octanol–water partition coefficient (Wildman–Crippen LogP) is 6.30. The van der Waals surface area contributed by atoms with E-state index < -0.39 is 19.1 Å². The third kappa shape index (κ3) is 9.28. The van der Waals surface area contributed by atoms with Crippen LogP contribution in [-0.4, -0.2) is 109 Å². The molecule has 4 bridgehead atoms. The zero-order valence-corrected chi connectivity index (χ0v) is 37.1. The molecular formula is C45H59ClN4O6S2. The summed E-state index contributed by atoms with van der Waals surface area (Å²) in [7, 11) is 8.06. The number of phenolic OH excluding ortho intramolecular Hbond substituents is 1. The Kier molecular flexibility index (Phi) is 13.4. The fourth-order valence-electron chi connectivity index (χ4n) is 10.0. The molecule has 4 aliphatic rings.